The molecule has 0 aliphatic heterocycles. The van der Waals surface area contributed by atoms with Gasteiger partial charge in [-0.3, -0.25) is 23.5 Å². The fraction of sp³-hybridized carbons (Fsp3) is 0.295. The number of anilines is 1. The summed E-state index contributed by atoms with van der Waals surface area (Å²) >= 11 is 6.64. The zero-order valence-electron chi connectivity index (χ0n) is 36.0. The minimum atomic E-state index is -5.15. The Morgan fingerprint density at radius 1 is 0.841 bits per heavy atom. The Kier molecular flexibility index (Phi) is 12.9. The Labute approximate surface area is 392 Å². The molecule has 8 rings (SSSR count). The van der Waals surface area contributed by atoms with E-state index in [1.807, 2.05) is 0 Å². The highest BCUT2D eigenvalue weighted by Crippen LogP contribution is 2.41. The Balaban J connectivity index is 1.44. The van der Waals surface area contributed by atoms with Crippen molar-refractivity contribution < 1.29 is 56.8 Å². The topological polar surface area (TPSA) is 171 Å². The Morgan fingerprint density at radius 2 is 1.51 bits per heavy atom. The third-order valence-corrected chi connectivity index (χ3v) is 15.9. The molecule has 1 amide bonds. The monoisotopic (exact) mass is 1020 g/mol. The van der Waals surface area contributed by atoms with E-state index in [1.165, 1.54) is 12.1 Å². The lowest BCUT2D eigenvalue weighted by Gasteiger charge is -2.24. The van der Waals surface area contributed by atoms with Crippen molar-refractivity contribution in [2.75, 3.05) is 15.2 Å². The SMILES string of the molecule is CCS(=O)(=O)N(c1nn(CC(F)(F)F)c2c(-n3c([C@H](Cc4cc(F)cc(F)c4)NC(=O)Cn4nc(C(F)(F)F)c5c4CCC5)nc4cc(-c5ccccc5)ccc4c3=O)ccc(Cl)c12)S(=O)(=O)CC. The summed E-state index contributed by atoms with van der Waals surface area (Å²) in [5.41, 5.74) is -2.56. The van der Waals surface area contributed by atoms with Crippen LogP contribution in [0.1, 0.15) is 54.6 Å². The molecule has 0 radical (unpaired) electrons. The lowest BCUT2D eigenvalue weighted by molar-refractivity contribution is -0.142. The molecule has 0 saturated carbocycles. The first kappa shape index (κ1) is 49.0. The van der Waals surface area contributed by atoms with Gasteiger partial charge in [0, 0.05) is 23.7 Å². The number of hydrogen-bond donors (Lipinski definition) is 1. The Bertz CT molecular complexity index is 3420. The van der Waals surface area contributed by atoms with Gasteiger partial charge in [0.05, 0.1) is 50.1 Å². The van der Waals surface area contributed by atoms with Crippen molar-refractivity contribution in [1.82, 2.24) is 34.4 Å². The quantitative estimate of drug-likeness (QED) is 0.106. The number of rotatable bonds is 14. The number of carbonyl (C=O) groups excluding carboxylic acids is 1. The van der Waals surface area contributed by atoms with Gasteiger partial charge in [-0.25, -0.2) is 30.6 Å². The standard InChI is InChI=1S/C44H37ClF8N8O6S2/c1-3-68(64,65)61(69(66,67)4-2)41-37-31(45)15-16-35(38(37)59(57-41)23-43(48,49)50)60-40(55-32-20-26(13-14-29(32)42(60)63)25-9-6-5-7-10-25)33(19-24-17-27(46)21-28(47)18-24)54-36(62)22-58-34-12-8-11-30(34)39(56-58)44(51,52)53/h5-7,9-10,13-18,20-21,33H,3-4,8,11-12,19,22-23H2,1-2H3,(H,54,62)/t33-/m0/s1. The van der Waals surface area contributed by atoms with E-state index in [1.54, 1.807) is 36.4 Å². The summed E-state index contributed by atoms with van der Waals surface area (Å²) in [6.07, 6.45) is -10.1. The van der Waals surface area contributed by atoms with E-state index in [2.05, 4.69) is 15.5 Å². The molecule has 3 heterocycles. The van der Waals surface area contributed by atoms with Crippen LogP contribution < -0.4 is 14.6 Å². The van der Waals surface area contributed by atoms with E-state index in [9.17, 15) is 56.8 Å². The second-order valence-electron chi connectivity index (χ2n) is 16.0. The first-order valence-electron chi connectivity index (χ1n) is 20.9. The number of fused-ring (bicyclic) bond motifs is 3. The Morgan fingerprint density at radius 3 is 2.13 bits per heavy atom. The second kappa shape index (κ2) is 18.2. The number of aromatic nitrogens is 6. The molecule has 1 N–H and O–H groups in total. The van der Waals surface area contributed by atoms with Crippen molar-refractivity contribution in [1.29, 1.82) is 0 Å². The predicted octanol–water partition coefficient (Wildman–Crippen LogP) is 8.21. The van der Waals surface area contributed by atoms with Gasteiger partial charge in [-0.1, -0.05) is 48.0 Å². The van der Waals surface area contributed by atoms with Gasteiger partial charge in [-0.15, -0.1) is 3.71 Å². The highest BCUT2D eigenvalue weighted by molar-refractivity contribution is 8.10. The number of halogens is 9. The van der Waals surface area contributed by atoms with Crippen LogP contribution in [0.3, 0.4) is 0 Å². The second-order valence-corrected chi connectivity index (χ2v) is 20.8. The van der Waals surface area contributed by atoms with E-state index in [4.69, 9.17) is 16.6 Å². The molecule has 25 heteroatoms. The van der Waals surface area contributed by atoms with E-state index in [0.717, 1.165) is 47.4 Å². The van der Waals surface area contributed by atoms with Crippen molar-refractivity contribution >= 4 is 65.2 Å². The van der Waals surface area contributed by atoms with Crippen LogP contribution in [-0.2, 0) is 63.4 Å². The van der Waals surface area contributed by atoms with Gasteiger partial charge in [0.15, 0.2) is 11.5 Å². The van der Waals surface area contributed by atoms with Crippen molar-refractivity contribution in [2.24, 2.45) is 0 Å². The fourth-order valence-corrected chi connectivity index (χ4v) is 11.9. The van der Waals surface area contributed by atoms with Crippen LogP contribution in [0.2, 0.25) is 5.02 Å². The third kappa shape index (κ3) is 9.65. The van der Waals surface area contributed by atoms with Gasteiger partial charge in [0.25, 0.3) is 5.56 Å². The van der Waals surface area contributed by atoms with Crippen LogP contribution in [0.5, 0.6) is 0 Å². The number of nitrogens with zero attached hydrogens (tertiary/aromatic N) is 7. The molecule has 14 nitrogen and oxygen atoms in total. The molecule has 0 saturated heterocycles. The number of alkyl halides is 6. The summed E-state index contributed by atoms with van der Waals surface area (Å²) in [5, 5.41) is 8.82. The lowest BCUT2D eigenvalue weighted by atomic mass is 10.0. The van der Waals surface area contributed by atoms with Crippen molar-refractivity contribution in [3.05, 3.63) is 134 Å². The number of nitrogens with one attached hydrogen (secondary N) is 1. The van der Waals surface area contributed by atoms with Crippen LogP contribution in [0, 0.1) is 11.6 Å². The van der Waals surface area contributed by atoms with Crippen molar-refractivity contribution in [3.8, 4) is 16.8 Å². The number of carbonyl (C=O) groups is 1. The molecule has 1 aliphatic carbocycles. The van der Waals surface area contributed by atoms with E-state index >= 15 is 4.79 Å². The van der Waals surface area contributed by atoms with Gasteiger partial charge in [-0.05, 0) is 86.2 Å². The lowest BCUT2D eigenvalue weighted by Crippen LogP contribution is -2.39. The zero-order chi connectivity index (χ0) is 50.0. The maximum atomic E-state index is 15.2. The highest BCUT2D eigenvalue weighted by Gasteiger charge is 2.42. The molecule has 3 aromatic heterocycles. The first-order valence-corrected chi connectivity index (χ1v) is 24.5. The molecular formula is C44H37ClF8N8O6S2. The van der Waals surface area contributed by atoms with Crippen LogP contribution in [0.15, 0.2) is 83.7 Å². The average Bonchev–Trinajstić information content (AvgIpc) is 3.98. The maximum Gasteiger partial charge on any atom is 0.435 e. The Hall–Kier alpha value is -6.40. The van der Waals surface area contributed by atoms with Gasteiger partial charge >= 0.3 is 12.4 Å². The highest BCUT2D eigenvalue weighted by atomic mass is 35.5. The number of amides is 1. The zero-order valence-corrected chi connectivity index (χ0v) is 38.4. The summed E-state index contributed by atoms with van der Waals surface area (Å²) in [7, 11) is -9.81. The van der Waals surface area contributed by atoms with Crippen LogP contribution in [0.4, 0.5) is 40.9 Å². The molecule has 1 aliphatic rings. The summed E-state index contributed by atoms with van der Waals surface area (Å²) in [5.74, 6) is -6.53. The van der Waals surface area contributed by atoms with Gasteiger partial charge in [-0.2, -0.15) is 36.5 Å². The van der Waals surface area contributed by atoms with Gasteiger partial charge in [0.1, 0.15) is 30.5 Å². The summed E-state index contributed by atoms with van der Waals surface area (Å²) in [4.78, 5) is 34.2. The number of benzene rings is 4. The molecule has 1 atom stereocenters. The molecule has 0 unspecified atom stereocenters. The molecule has 0 spiro atoms. The van der Waals surface area contributed by atoms with Crippen molar-refractivity contribution in [2.45, 2.75) is 71.0 Å². The van der Waals surface area contributed by atoms with E-state index in [0.29, 0.717) is 23.6 Å². The van der Waals surface area contributed by atoms with Crippen LogP contribution >= 0.6 is 11.6 Å². The fourth-order valence-electron chi connectivity index (χ4n) is 8.40. The van der Waals surface area contributed by atoms with Crippen LogP contribution in [0.25, 0.3) is 38.6 Å². The summed E-state index contributed by atoms with van der Waals surface area (Å²) < 4.78 is 172. The molecular weight excluding hydrogens is 988 g/mol. The normalized spacial score (nSPS) is 13.8. The minimum absolute atomic E-state index is 0.0342. The molecule has 364 valence electrons. The number of hydrogen-bond acceptors (Lipinski definition) is 9. The molecule has 0 fully saturated rings. The molecule has 69 heavy (non-hydrogen) atoms. The predicted molar refractivity (Wildman–Crippen MR) is 239 cm³/mol. The average molecular weight is 1030 g/mol. The maximum absolute atomic E-state index is 15.2. The summed E-state index contributed by atoms with van der Waals surface area (Å²) in [6, 6.07) is 15.8. The smallest absolute Gasteiger partial charge is 0.344 e. The first-order chi connectivity index (χ1) is 32.4. The number of sulfonamides is 2. The van der Waals surface area contributed by atoms with Crippen LogP contribution in [-0.4, -0.2) is 69.5 Å². The van der Waals surface area contributed by atoms with Gasteiger partial charge < -0.3 is 5.32 Å². The van der Waals surface area contributed by atoms with Gasteiger partial charge in [0.2, 0.25) is 26.0 Å². The summed E-state index contributed by atoms with van der Waals surface area (Å²) in [6.45, 7) is -0.688. The molecule has 7 aromatic rings. The minimum Gasteiger partial charge on any atom is -0.344 e. The molecule has 0 bridgehead atoms. The largest absolute Gasteiger partial charge is 0.435 e. The third-order valence-electron chi connectivity index (χ3n) is 11.4. The van der Waals surface area contributed by atoms with Crippen molar-refractivity contribution in [3.63, 3.8) is 0 Å². The molecule has 4 aromatic carbocycles. The van der Waals surface area contributed by atoms with E-state index < -0.39 is 132 Å². The van der Waals surface area contributed by atoms with E-state index in [-0.39, 0.29) is 49.0 Å².